The molecule has 1 unspecified atom stereocenters. The zero-order chi connectivity index (χ0) is 13.9. The second-order valence-corrected chi connectivity index (χ2v) is 5.01. The molecular formula is C14H17N5O. The van der Waals surface area contributed by atoms with Crippen LogP contribution in [0.4, 0.5) is 5.82 Å². The van der Waals surface area contributed by atoms with Gasteiger partial charge in [0.05, 0.1) is 23.1 Å². The van der Waals surface area contributed by atoms with E-state index in [1.165, 1.54) is 0 Å². The van der Waals surface area contributed by atoms with Crippen LogP contribution in [0.15, 0.2) is 30.5 Å². The van der Waals surface area contributed by atoms with E-state index in [0.29, 0.717) is 6.54 Å². The van der Waals surface area contributed by atoms with Gasteiger partial charge in [-0.15, -0.1) is 0 Å². The summed E-state index contributed by atoms with van der Waals surface area (Å²) in [7, 11) is 0. The van der Waals surface area contributed by atoms with E-state index in [2.05, 4.69) is 20.3 Å². The van der Waals surface area contributed by atoms with E-state index in [1.807, 2.05) is 24.3 Å². The number of piperidine rings is 1. The lowest BCUT2D eigenvalue weighted by Gasteiger charge is -2.32. The van der Waals surface area contributed by atoms with Gasteiger partial charge in [0.1, 0.15) is 5.82 Å². The first-order valence-corrected chi connectivity index (χ1v) is 6.75. The third-order valence-corrected chi connectivity index (χ3v) is 3.69. The second kappa shape index (κ2) is 5.42. The number of hydrazine groups is 1. The van der Waals surface area contributed by atoms with Crippen molar-refractivity contribution in [2.75, 3.05) is 18.0 Å². The van der Waals surface area contributed by atoms with Crippen molar-refractivity contribution in [1.82, 2.24) is 15.4 Å². The minimum absolute atomic E-state index is 0.0815. The van der Waals surface area contributed by atoms with Gasteiger partial charge in [-0.3, -0.25) is 15.2 Å². The highest BCUT2D eigenvalue weighted by Gasteiger charge is 2.26. The van der Waals surface area contributed by atoms with Crippen LogP contribution in [0.25, 0.3) is 11.0 Å². The Balaban J connectivity index is 1.84. The molecule has 1 aromatic carbocycles. The number of anilines is 1. The number of hydrogen-bond acceptors (Lipinski definition) is 5. The Hall–Kier alpha value is -2.21. The van der Waals surface area contributed by atoms with Gasteiger partial charge in [0.15, 0.2) is 0 Å². The molecule has 20 heavy (non-hydrogen) atoms. The summed E-state index contributed by atoms with van der Waals surface area (Å²) in [5, 5.41) is 0. The number of benzene rings is 1. The molecule has 0 aliphatic carbocycles. The van der Waals surface area contributed by atoms with Gasteiger partial charge in [0, 0.05) is 13.1 Å². The molecule has 1 aliphatic heterocycles. The third-order valence-electron chi connectivity index (χ3n) is 3.69. The summed E-state index contributed by atoms with van der Waals surface area (Å²) in [6, 6.07) is 7.77. The van der Waals surface area contributed by atoms with Crippen molar-refractivity contribution in [2.24, 2.45) is 11.8 Å². The fourth-order valence-electron chi connectivity index (χ4n) is 2.62. The quantitative estimate of drug-likeness (QED) is 0.480. The average molecular weight is 271 g/mol. The molecule has 0 saturated carbocycles. The summed E-state index contributed by atoms with van der Waals surface area (Å²) in [6.07, 6.45) is 3.58. The summed E-state index contributed by atoms with van der Waals surface area (Å²) < 4.78 is 0. The SMILES string of the molecule is NNC(=O)C1CCCN(c2cnc3ccccc3n2)C1. The van der Waals surface area contributed by atoms with Gasteiger partial charge in [0.25, 0.3) is 0 Å². The molecule has 6 heteroatoms. The lowest BCUT2D eigenvalue weighted by Crippen LogP contribution is -2.45. The fourth-order valence-corrected chi connectivity index (χ4v) is 2.62. The lowest BCUT2D eigenvalue weighted by atomic mass is 9.97. The van der Waals surface area contributed by atoms with Crippen molar-refractivity contribution in [3.8, 4) is 0 Å². The number of fused-ring (bicyclic) bond motifs is 1. The number of nitrogens with one attached hydrogen (secondary N) is 1. The van der Waals surface area contributed by atoms with Gasteiger partial charge < -0.3 is 4.90 Å². The number of carbonyl (C=O) groups excluding carboxylic acids is 1. The van der Waals surface area contributed by atoms with E-state index in [0.717, 1.165) is 36.2 Å². The van der Waals surface area contributed by atoms with Crippen LogP contribution in [0.2, 0.25) is 0 Å². The van der Waals surface area contributed by atoms with E-state index >= 15 is 0 Å². The number of amides is 1. The number of aromatic nitrogens is 2. The first-order chi connectivity index (χ1) is 9.78. The van der Waals surface area contributed by atoms with Gasteiger partial charge in [-0.2, -0.15) is 0 Å². The molecule has 2 heterocycles. The van der Waals surface area contributed by atoms with Gasteiger partial charge >= 0.3 is 0 Å². The molecule has 104 valence electrons. The number of carbonyl (C=O) groups is 1. The largest absolute Gasteiger partial charge is 0.355 e. The Morgan fingerprint density at radius 2 is 2.15 bits per heavy atom. The summed E-state index contributed by atoms with van der Waals surface area (Å²) in [4.78, 5) is 22.8. The predicted octanol–water partition coefficient (Wildman–Crippen LogP) is 0.836. The summed E-state index contributed by atoms with van der Waals surface area (Å²) >= 11 is 0. The first-order valence-electron chi connectivity index (χ1n) is 6.75. The second-order valence-electron chi connectivity index (χ2n) is 5.01. The van der Waals surface area contributed by atoms with E-state index in [4.69, 9.17) is 5.84 Å². The Kier molecular flexibility index (Phi) is 3.47. The molecule has 1 aliphatic rings. The van der Waals surface area contributed by atoms with Gasteiger partial charge in [-0.05, 0) is 25.0 Å². The van der Waals surface area contributed by atoms with Crippen molar-refractivity contribution in [3.63, 3.8) is 0 Å². The fraction of sp³-hybridized carbons (Fsp3) is 0.357. The van der Waals surface area contributed by atoms with Crippen LogP contribution in [0.5, 0.6) is 0 Å². The van der Waals surface area contributed by atoms with Crippen molar-refractivity contribution in [2.45, 2.75) is 12.8 Å². The number of para-hydroxylation sites is 2. The highest BCUT2D eigenvalue weighted by molar-refractivity contribution is 5.79. The molecule has 1 atom stereocenters. The Labute approximate surface area is 117 Å². The normalized spacial score (nSPS) is 19.1. The van der Waals surface area contributed by atoms with Crippen molar-refractivity contribution in [3.05, 3.63) is 30.5 Å². The molecule has 2 aromatic rings. The summed E-state index contributed by atoms with van der Waals surface area (Å²) in [5.41, 5.74) is 3.98. The van der Waals surface area contributed by atoms with Crippen LogP contribution in [-0.2, 0) is 4.79 Å². The van der Waals surface area contributed by atoms with Crippen LogP contribution < -0.4 is 16.2 Å². The Morgan fingerprint density at radius 1 is 1.35 bits per heavy atom. The van der Waals surface area contributed by atoms with Crippen molar-refractivity contribution < 1.29 is 4.79 Å². The minimum Gasteiger partial charge on any atom is -0.355 e. The zero-order valence-electron chi connectivity index (χ0n) is 11.1. The smallest absolute Gasteiger partial charge is 0.238 e. The maximum absolute atomic E-state index is 11.7. The lowest BCUT2D eigenvalue weighted by molar-refractivity contribution is -0.125. The molecule has 0 radical (unpaired) electrons. The first kappa shape index (κ1) is 12.8. The highest BCUT2D eigenvalue weighted by atomic mass is 16.2. The minimum atomic E-state index is -0.108. The van der Waals surface area contributed by atoms with Gasteiger partial charge in [-0.1, -0.05) is 12.1 Å². The predicted molar refractivity (Wildman–Crippen MR) is 76.8 cm³/mol. The maximum atomic E-state index is 11.7. The average Bonchev–Trinajstić information content (AvgIpc) is 2.53. The molecule has 1 amide bonds. The van der Waals surface area contributed by atoms with Crippen LogP contribution in [0.1, 0.15) is 12.8 Å². The molecule has 1 fully saturated rings. The topological polar surface area (TPSA) is 84.1 Å². The van der Waals surface area contributed by atoms with E-state index < -0.39 is 0 Å². The number of rotatable bonds is 2. The molecule has 1 aromatic heterocycles. The molecule has 0 bridgehead atoms. The Morgan fingerprint density at radius 3 is 2.95 bits per heavy atom. The third kappa shape index (κ3) is 2.42. The standard InChI is InChI=1S/C14H17N5O/c15-18-14(20)10-4-3-7-19(9-10)13-8-16-11-5-1-2-6-12(11)17-13/h1-2,5-6,8,10H,3-4,7,9,15H2,(H,18,20). The molecular weight excluding hydrogens is 254 g/mol. The van der Waals surface area contributed by atoms with Crippen molar-refractivity contribution >= 4 is 22.8 Å². The molecule has 0 spiro atoms. The number of hydrogen-bond donors (Lipinski definition) is 2. The van der Waals surface area contributed by atoms with E-state index in [9.17, 15) is 4.79 Å². The van der Waals surface area contributed by atoms with Gasteiger partial charge in [0.2, 0.25) is 5.91 Å². The number of nitrogens with zero attached hydrogens (tertiary/aromatic N) is 3. The molecule has 3 rings (SSSR count). The van der Waals surface area contributed by atoms with Crippen molar-refractivity contribution in [1.29, 1.82) is 0 Å². The molecule has 1 saturated heterocycles. The Bertz CT molecular complexity index is 630. The van der Waals surface area contributed by atoms with E-state index in [1.54, 1.807) is 6.20 Å². The highest BCUT2D eigenvalue weighted by Crippen LogP contribution is 2.22. The summed E-state index contributed by atoms with van der Waals surface area (Å²) in [5.74, 6) is 5.84. The zero-order valence-corrected chi connectivity index (χ0v) is 11.1. The van der Waals surface area contributed by atoms with E-state index in [-0.39, 0.29) is 11.8 Å². The van der Waals surface area contributed by atoms with Crippen LogP contribution >= 0.6 is 0 Å². The van der Waals surface area contributed by atoms with Crippen LogP contribution in [-0.4, -0.2) is 29.0 Å². The van der Waals surface area contributed by atoms with Crippen LogP contribution in [0, 0.1) is 5.92 Å². The maximum Gasteiger partial charge on any atom is 0.238 e. The molecule has 3 N–H and O–H groups in total. The monoisotopic (exact) mass is 271 g/mol. The van der Waals surface area contributed by atoms with Gasteiger partial charge in [-0.25, -0.2) is 10.8 Å². The number of nitrogens with two attached hydrogens (primary N) is 1. The van der Waals surface area contributed by atoms with Crippen LogP contribution in [0.3, 0.4) is 0 Å². The molecule has 6 nitrogen and oxygen atoms in total. The summed E-state index contributed by atoms with van der Waals surface area (Å²) in [6.45, 7) is 1.53.